The van der Waals surface area contributed by atoms with Gasteiger partial charge in [0, 0.05) is 6.07 Å². The molecule has 1 atom stereocenters. The molecule has 1 aliphatic rings. The summed E-state index contributed by atoms with van der Waals surface area (Å²) >= 11 is 0. The van der Waals surface area contributed by atoms with Gasteiger partial charge in [-0.2, -0.15) is 0 Å². The third-order valence-corrected chi connectivity index (χ3v) is 6.11. The number of anilines is 1. The number of nitrogens with two attached hydrogens (primary N) is 1. The molecule has 1 saturated heterocycles. The molecule has 0 aliphatic carbocycles. The topological polar surface area (TPSA) is 103 Å². The lowest BCUT2D eigenvalue weighted by Crippen LogP contribution is -2.32. The van der Waals surface area contributed by atoms with Crippen molar-refractivity contribution in [2.75, 3.05) is 31.8 Å². The Kier molecular flexibility index (Phi) is 8.07. The fourth-order valence-electron chi connectivity index (χ4n) is 2.52. The molecule has 0 amide bonds. The number of methoxy groups -OCH3 is 2. The van der Waals surface area contributed by atoms with Crippen LogP contribution in [0.3, 0.4) is 0 Å². The SMILES string of the molecule is COc1ccc(OC)c(NC(N)=NCC2CCCCS2(=O)=O)c1.I. The number of benzene rings is 1. The second-order valence-electron chi connectivity index (χ2n) is 5.40. The number of ether oxygens (including phenoxy) is 2. The summed E-state index contributed by atoms with van der Waals surface area (Å²) in [4.78, 5) is 4.18. The van der Waals surface area contributed by atoms with Gasteiger partial charge in [-0.1, -0.05) is 6.42 Å². The molecule has 9 heteroatoms. The third-order valence-electron chi connectivity index (χ3n) is 3.85. The number of halogens is 1. The Morgan fingerprint density at radius 2 is 2.08 bits per heavy atom. The minimum atomic E-state index is -3.05. The molecule has 3 N–H and O–H groups in total. The second kappa shape index (κ2) is 9.30. The zero-order valence-electron chi connectivity index (χ0n) is 13.8. The molecule has 0 radical (unpaired) electrons. The Morgan fingerprint density at radius 3 is 2.71 bits per heavy atom. The van der Waals surface area contributed by atoms with Crippen LogP contribution in [0.2, 0.25) is 0 Å². The molecule has 0 bridgehead atoms. The van der Waals surface area contributed by atoms with Gasteiger partial charge < -0.3 is 20.5 Å². The minimum absolute atomic E-state index is 0. The second-order valence-corrected chi connectivity index (χ2v) is 7.80. The first-order valence-corrected chi connectivity index (χ1v) is 9.18. The highest BCUT2D eigenvalue weighted by Crippen LogP contribution is 2.28. The summed E-state index contributed by atoms with van der Waals surface area (Å²) in [6.45, 7) is 0.174. The largest absolute Gasteiger partial charge is 0.497 e. The molecule has 2 rings (SSSR count). The van der Waals surface area contributed by atoms with Gasteiger partial charge in [0.05, 0.1) is 37.5 Å². The Morgan fingerprint density at radius 1 is 1.33 bits per heavy atom. The van der Waals surface area contributed by atoms with Gasteiger partial charge in [0.25, 0.3) is 0 Å². The molecule has 0 aromatic heterocycles. The van der Waals surface area contributed by atoms with Crippen LogP contribution in [-0.4, -0.2) is 46.1 Å². The Bertz CT molecular complexity index is 679. The molecule has 7 nitrogen and oxygen atoms in total. The molecule has 1 heterocycles. The smallest absolute Gasteiger partial charge is 0.193 e. The first kappa shape index (κ1) is 20.8. The molecule has 1 unspecified atom stereocenters. The lowest BCUT2D eigenvalue weighted by Gasteiger charge is -2.20. The van der Waals surface area contributed by atoms with E-state index in [-0.39, 0.29) is 42.2 Å². The first-order chi connectivity index (χ1) is 11.0. The van der Waals surface area contributed by atoms with Gasteiger partial charge >= 0.3 is 0 Å². The maximum atomic E-state index is 12.0. The molecule has 0 spiro atoms. The van der Waals surface area contributed by atoms with E-state index >= 15 is 0 Å². The van der Waals surface area contributed by atoms with Gasteiger partial charge in [-0.05, 0) is 25.0 Å². The van der Waals surface area contributed by atoms with Gasteiger partial charge in [0.15, 0.2) is 15.8 Å². The highest BCUT2D eigenvalue weighted by atomic mass is 127. The molecule has 1 fully saturated rings. The Hall–Kier alpha value is -1.23. The lowest BCUT2D eigenvalue weighted by atomic mass is 10.2. The summed E-state index contributed by atoms with van der Waals surface area (Å²) in [6, 6.07) is 5.25. The van der Waals surface area contributed by atoms with E-state index in [1.165, 1.54) is 0 Å². The minimum Gasteiger partial charge on any atom is -0.497 e. The van der Waals surface area contributed by atoms with Gasteiger partial charge in [-0.15, -0.1) is 24.0 Å². The number of nitrogens with zero attached hydrogens (tertiary/aromatic N) is 1. The molecule has 1 aromatic carbocycles. The van der Waals surface area contributed by atoms with Crippen molar-refractivity contribution >= 4 is 45.5 Å². The average Bonchev–Trinajstić information content (AvgIpc) is 2.53. The normalized spacial score (nSPS) is 19.9. The quantitative estimate of drug-likeness (QED) is 0.389. The Labute approximate surface area is 159 Å². The van der Waals surface area contributed by atoms with E-state index < -0.39 is 15.1 Å². The van der Waals surface area contributed by atoms with Crippen molar-refractivity contribution in [3.63, 3.8) is 0 Å². The van der Waals surface area contributed by atoms with Crippen LogP contribution in [0, 0.1) is 0 Å². The van der Waals surface area contributed by atoms with E-state index in [9.17, 15) is 8.42 Å². The van der Waals surface area contributed by atoms with Crippen LogP contribution in [0.1, 0.15) is 19.3 Å². The van der Waals surface area contributed by atoms with Crippen LogP contribution < -0.4 is 20.5 Å². The molecule has 1 aliphatic heterocycles. The predicted octanol–water partition coefficient (Wildman–Crippen LogP) is 2.02. The summed E-state index contributed by atoms with van der Waals surface area (Å²) in [5, 5.41) is 2.49. The van der Waals surface area contributed by atoms with Crippen molar-refractivity contribution in [3.05, 3.63) is 18.2 Å². The zero-order valence-corrected chi connectivity index (χ0v) is 17.0. The van der Waals surface area contributed by atoms with Gasteiger partial charge in [-0.25, -0.2) is 8.42 Å². The van der Waals surface area contributed by atoms with E-state index in [1.807, 2.05) is 0 Å². The summed E-state index contributed by atoms with van der Waals surface area (Å²) in [5.41, 5.74) is 6.49. The summed E-state index contributed by atoms with van der Waals surface area (Å²) < 4.78 is 34.4. The van der Waals surface area contributed by atoms with Crippen LogP contribution in [0.25, 0.3) is 0 Å². The molecular formula is C15H24IN3O4S. The number of sulfone groups is 1. The van der Waals surface area contributed by atoms with Gasteiger partial charge in [-0.3, -0.25) is 4.99 Å². The van der Waals surface area contributed by atoms with Crippen LogP contribution in [0.15, 0.2) is 23.2 Å². The first-order valence-electron chi connectivity index (χ1n) is 7.47. The predicted molar refractivity (Wildman–Crippen MR) is 106 cm³/mol. The molecule has 136 valence electrons. The van der Waals surface area contributed by atoms with Crippen molar-refractivity contribution in [2.45, 2.75) is 24.5 Å². The number of nitrogens with one attached hydrogen (secondary N) is 1. The standard InChI is InChI=1S/C15H23N3O4S.HI/c1-21-11-6-7-14(22-2)13(9-11)18-15(16)17-10-12-5-3-4-8-23(12,19)20;/h6-7,9,12H,3-5,8,10H2,1-2H3,(H3,16,17,18);1H. The van der Waals surface area contributed by atoms with Crippen molar-refractivity contribution in [3.8, 4) is 11.5 Å². The highest BCUT2D eigenvalue weighted by Gasteiger charge is 2.28. The summed E-state index contributed by atoms with van der Waals surface area (Å²) in [5.74, 6) is 1.63. The van der Waals surface area contributed by atoms with E-state index in [2.05, 4.69) is 10.3 Å². The number of rotatable bonds is 5. The lowest BCUT2D eigenvalue weighted by molar-refractivity contribution is 0.405. The number of guanidine groups is 1. The zero-order chi connectivity index (χ0) is 16.9. The third kappa shape index (κ3) is 5.40. The molecule has 24 heavy (non-hydrogen) atoms. The highest BCUT2D eigenvalue weighted by molar-refractivity contribution is 14.0. The molecule has 1 aromatic rings. The number of hydrogen-bond donors (Lipinski definition) is 2. The van der Waals surface area contributed by atoms with Crippen molar-refractivity contribution in [1.29, 1.82) is 0 Å². The van der Waals surface area contributed by atoms with Crippen LogP contribution in [0.4, 0.5) is 5.69 Å². The van der Waals surface area contributed by atoms with E-state index in [4.69, 9.17) is 15.2 Å². The van der Waals surface area contributed by atoms with Gasteiger partial charge in [0.1, 0.15) is 11.5 Å². The van der Waals surface area contributed by atoms with Crippen LogP contribution in [-0.2, 0) is 9.84 Å². The maximum Gasteiger partial charge on any atom is 0.193 e. The van der Waals surface area contributed by atoms with E-state index in [1.54, 1.807) is 32.4 Å². The van der Waals surface area contributed by atoms with Crippen LogP contribution >= 0.6 is 24.0 Å². The summed E-state index contributed by atoms with van der Waals surface area (Å²) in [6.07, 6.45) is 2.29. The van der Waals surface area contributed by atoms with Crippen molar-refractivity contribution in [1.82, 2.24) is 0 Å². The van der Waals surface area contributed by atoms with Crippen molar-refractivity contribution in [2.24, 2.45) is 10.7 Å². The fraction of sp³-hybridized carbons (Fsp3) is 0.533. The summed E-state index contributed by atoms with van der Waals surface area (Å²) in [7, 11) is 0.0663. The number of aliphatic imine (C=N–C) groups is 1. The average molecular weight is 469 g/mol. The fourth-order valence-corrected chi connectivity index (χ4v) is 4.28. The van der Waals surface area contributed by atoms with Crippen molar-refractivity contribution < 1.29 is 17.9 Å². The van der Waals surface area contributed by atoms with Crippen LogP contribution in [0.5, 0.6) is 11.5 Å². The Balaban J connectivity index is 0.00000288. The van der Waals surface area contributed by atoms with E-state index in [0.717, 1.165) is 12.8 Å². The molecular weight excluding hydrogens is 445 g/mol. The number of hydrogen-bond acceptors (Lipinski definition) is 5. The maximum absolute atomic E-state index is 12.0. The van der Waals surface area contributed by atoms with Gasteiger partial charge in [0.2, 0.25) is 0 Å². The monoisotopic (exact) mass is 469 g/mol. The molecule has 0 saturated carbocycles. The van der Waals surface area contributed by atoms with E-state index in [0.29, 0.717) is 23.6 Å².